The summed E-state index contributed by atoms with van der Waals surface area (Å²) in [5.41, 5.74) is -0.166. The van der Waals surface area contributed by atoms with Gasteiger partial charge in [-0.2, -0.15) is 5.26 Å². The lowest BCUT2D eigenvalue weighted by Crippen LogP contribution is -2.25. The Morgan fingerprint density at radius 3 is 2.58 bits per heavy atom. The van der Waals surface area contributed by atoms with E-state index in [4.69, 9.17) is 10.00 Å². The molecule has 2 aliphatic carbocycles. The van der Waals surface area contributed by atoms with Crippen molar-refractivity contribution in [3.05, 3.63) is 71.6 Å². The molecule has 0 saturated carbocycles. The highest BCUT2D eigenvalue weighted by Crippen LogP contribution is 2.37. The van der Waals surface area contributed by atoms with Gasteiger partial charge in [-0.3, -0.25) is 4.79 Å². The van der Waals surface area contributed by atoms with Crippen molar-refractivity contribution in [3.8, 4) is 6.07 Å². The molecule has 0 aromatic rings. The predicted octanol–water partition coefficient (Wildman–Crippen LogP) is 4.08. The zero-order valence-corrected chi connectivity index (χ0v) is 14.1. The van der Waals surface area contributed by atoms with E-state index >= 15 is 0 Å². The van der Waals surface area contributed by atoms with Gasteiger partial charge in [0, 0.05) is 5.41 Å². The number of aliphatic hydroxyl groups excluding tert-OH is 1. The highest BCUT2D eigenvalue weighted by molar-refractivity contribution is 5.81. The van der Waals surface area contributed by atoms with Gasteiger partial charge in [-0.1, -0.05) is 42.5 Å². The lowest BCUT2D eigenvalue weighted by molar-refractivity contribution is -0.149. The summed E-state index contributed by atoms with van der Waals surface area (Å²) in [5.74, 6) is -0.349. The molecule has 4 nitrogen and oxygen atoms in total. The molecule has 2 atom stereocenters. The molecule has 24 heavy (non-hydrogen) atoms. The van der Waals surface area contributed by atoms with Gasteiger partial charge in [0.1, 0.15) is 17.2 Å². The van der Waals surface area contributed by atoms with E-state index < -0.39 is 10.8 Å². The van der Waals surface area contributed by atoms with E-state index in [0.29, 0.717) is 6.61 Å². The minimum Gasteiger partial charge on any atom is -0.507 e. The molecule has 0 bridgehead atoms. The average Bonchev–Trinajstić information content (AvgIpc) is 2.84. The molecule has 0 fully saturated rings. The minimum atomic E-state index is -0.818. The van der Waals surface area contributed by atoms with Gasteiger partial charge in [0.2, 0.25) is 0 Å². The molecule has 0 aliphatic heterocycles. The molecule has 124 valence electrons. The van der Waals surface area contributed by atoms with Crippen molar-refractivity contribution in [2.45, 2.75) is 20.8 Å². The number of carbonyl (C=O) groups is 1. The molecule has 1 N–H and O–H groups in total. The van der Waals surface area contributed by atoms with Crippen molar-refractivity contribution in [1.82, 2.24) is 0 Å². The van der Waals surface area contributed by atoms with E-state index in [1.165, 1.54) is 6.08 Å². The van der Waals surface area contributed by atoms with Gasteiger partial charge in [-0.15, -0.1) is 0 Å². The Morgan fingerprint density at radius 1 is 1.21 bits per heavy atom. The van der Waals surface area contributed by atoms with Crippen LogP contribution in [0.2, 0.25) is 0 Å². The van der Waals surface area contributed by atoms with Gasteiger partial charge in [0.05, 0.1) is 12.2 Å². The monoisotopic (exact) mass is 323 g/mol. The van der Waals surface area contributed by atoms with Crippen LogP contribution in [-0.2, 0) is 9.53 Å². The fourth-order valence-corrected chi connectivity index (χ4v) is 2.53. The maximum atomic E-state index is 12.2. The van der Waals surface area contributed by atoms with Crippen LogP contribution in [0.3, 0.4) is 0 Å². The lowest BCUT2D eigenvalue weighted by Gasteiger charge is -2.23. The van der Waals surface area contributed by atoms with Gasteiger partial charge >= 0.3 is 5.97 Å². The Morgan fingerprint density at radius 2 is 1.92 bits per heavy atom. The topological polar surface area (TPSA) is 70.3 Å². The first-order valence-corrected chi connectivity index (χ1v) is 7.83. The summed E-state index contributed by atoms with van der Waals surface area (Å²) in [4.78, 5) is 12.2. The van der Waals surface area contributed by atoms with Gasteiger partial charge in [-0.25, -0.2) is 0 Å². The number of rotatable bonds is 3. The normalized spacial score (nSPS) is 28.8. The second-order valence-electron chi connectivity index (χ2n) is 6.18. The summed E-state index contributed by atoms with van der Waals surface area (Å²) < 4.78 is 5.14. The number of aliphatic hydroxyl groups is 1. The van der Waals surface area contributed by atoms with Crippen molar-refractivity contribution in [2.24, 2.45) is 10.8 Å². The van der Waals surface area contributed by atoms with Crippen LogP contribution >= 0.6 is 0 Å². The van der Waals surface area contributed by atoms with E-state index in [-0.39, 0.29) is 17.3 Å². The third-order valence-electron chi connectivity index (χ3n) is 4.24. The van der Waals surface area contributed by atoms with Crippen LogP contribution in [0.4, 0.5) is 0 Å². The summed E-state index contributed by atoms with van der Waals surface area (Å²) in [6.07, 6.45) is 16.1. The Bertz CT molecular complexity index is 758. The first-order chi connectivity index (χ1) is 11.3. The second kappa shape index (κ2) is 6.76. The van der Waals surface area contributed by atoms with E-state index in [0.717, 1.165) is 5.57 Å². The fraction of sp³-hybridized carbons (Fsp3) is 0.300. The molecule has 0 spiro atoms. The molecule has 2 rings (SSSR count). The van der Waals surface area contributed by atoms with Crippen LogP contribution in [-0.4, -0.2) is 17.7 Å². The molecule has 2 unspecified atom stereocenters. The molecule has 0 saturated heterocycles. The number of nitriles is 1. The van der Waals surface area contributed by atoms with Crippen molar-refractivity contribution < 1.29 is 14.6 Å². The molecule has 0 aromatic heterocycles. The molecule has 0 amide bonds. The first-order valence-electron chi connectivity index (χ1n) is 7.83. The number of allylic oxidation sites excluding steroid dienone is 9. The van der Waals surface area contributed by atoms with Crippen LogP contribution in [0.15, 0.2) is 71.6 Å². The summed E-state index contributed by atoms with van der Waals surface area (Å²) in [5, 5.41) is 18.9. The van der Waals surface area contributed by atoms with Gasteiger partial charge in [0.25, 0.3) is 0 Å². The minimum absolute atomic E-state index is 0.0532. The Hall–Kier alpha value is -2.80. The largest absolute Gasteiger partial charge is 0.507 e. The van der Waals surface area contributed by atoms with Crippen LogP contribution < -0.4 is 0 Å². The van der Waals surface area contributed by atoms with E-state index in [1.807, 2.05) is 49.4 Å². The molecule has 4 heteroatoms. The maximum Gasteiger partial charge on any atom is 0.319 e. The first kappa shape index (κ1) is 17.6. The smallest absolute Gasteiger partial charge is 0.319 e. The quantitative estimate of drug-likeness (QED) is 0.795. The van der Waals surface area contributed by atoms with Crippen molar-refractivity contribution in [1.29, 1.82) is 5.26 Å². The SMILES string of the molecule is CCOC(=O)C1(C)C=CC=C(C2(C)C=CC(O)=C(C#N)C=C2)C=C1. The predicted molar refractivity (Wildman–Crippen MR) is 92.8 cm³/mol. The number of carbonyl (C=O) groups excluding carboxylic acids is 1. The fourth-order valence-electron chi connectivity index (χ4n) is 2.53. The molecule has 0 heterocycles. The number of hydrogen-bond acceptors (Lipinski definition) is 4. The summed E-state index contributed by atoms with van der Waals surface area (Å²) >= 11 is 0. The number of hydrogen-bond donors (Lipinski definition) is 1. The molecule has 2 aliphatic rings. The lowest BCUT2D eigenvalue weighted by atomic mass is 9.80. The third kappa shape index (κ3) is 3.41. The van der Waals surface area contributed by atoms with Crippen LogP contribution in [0.1, 0.15) is 20.8 Å². The summed E-state index contributed by atoms with van der Waals surface area (Å²) in [6.45, 7) is 5.90. The molecular weight excluding hydrogens is 302 g/mol. The van der Waals surface area contributed by atoms with Crippen LogP contribution in [0.25, 0.3) is 0 Å². The zero-order chi connectivity index (χ0) is 17.8. The zero-order valence-electron chi connectivity index (χ0n) is 14.1. The third-order valence-corrected chi connectivity index (χ3v) is 4.24. The average molecular weight is 323 g/mol. The van der Waals surface area contributed by atoms with E-state index in [9.17, 15) is 9.90 Å². The standard InChI is InChI=1S/C20H21NO3/c1-4-24-18(23)20(3)10-5-6-16(8-12-20)19(2)11-7-15(14-21)17(22)9-13-19/h5-13,22H,4H2,1-3H3. The van der Waals surface area contributed by atoms with Crippen molar-refractivity contribution >= 4 is 5.97 Å². The molecular formula is C20H21NO3. The van der Waals surface area contributed by atoms with Crippen LogP contribution in [0, 0.1) is 22.2 Å². The Labute approximate surface area is 142 Å². The van der Waals surface area contributed by atoms with Gasteiger partial charge in [0.15, 0.2) is 0 Å². The van der Waals surface area contributed by atoms with Crippen LogP contribution in [0.5, 0.6) is 0 Å². The van der Waals surface area contributed by atoms with E-state index in [2.05, 4.69) is 0 Å². The molecule has 0 radical (unpaired) electrons. The van der Waals surface area contributed by atoms with Gasteiger partial charge in [-0.05, 0) is 38.5 Å². The highest BCUT2D eigenvalue weighted by Gasteiger charge is 2.31. The summed E-state index contributed by atoms with van der Waals surface area (Å²) in [7, 11) is 0. The summed E-state index contributed by atoms with van der Waals surface area (Å²) in [6, 6.07) is 1.97. The Balaban J connectivity index is 2.34. The van der Waals surface area contributed by atoms with E-state index in [1.54, 1.807) is 26.0 Å². The number of nitrogens with zero attached hydrogens (tertiary/aromatic N) is 1. The Kier molecular flexibility index (Phi) is 4.94. The number of esters is 1. The second-order valence-corrected chi connectivity index (χ2v) is 6.18. The highest BCUT2D eigenvalue weighted by atomic mass is 16.5. The van der Waals surface area contributed by atoms with Crippen molar-refractivity contribution in [3.63, 3.8) is 0 Å². The number of ether oxygens (including phenoxy) is 1. The molecule has 0 aromatic carbocycles. The van der Waals surface area contributed by atoms with Gasteiger partial charge < -0.3 is 9.84 Å². The maximum absolute atomic E-state index is 12.2. The van der Waals surface area contributed by atoms with Crippen molar-refractivity contribution in [2.75, 3.05) is 6.61 Å².